The Morgan fingerprint density at radius 2 is 2.18 bits per heavy atom. The first-order valence-corrected chi connectivity index (χ1v) is 6.75. The monoisotopic (exact) mass is 314 g/mol. The highest BCUT2D eigenvalue weighted by molar-refractivity contribution is 9.10. The van der Waals surface area contributed by atoms with E-state index in [4.69, 9.17) is 5.84 Å². The maximum absolute atomic E-state index is 13.3. The molecule has 1 atom stereocenters. The lowest BCUT2D eigenvalue weighted by molar-refractivity contribution is 0.604. The zero-order valence-corrected chi connectivity index (χ0v) is 11.6. The van der Waals surface area contributed by atoms with Crippen LogP contribution in [0.15, 0.2) is 34.1 Å². The first-order chi connectivity index (χ1) is 8.11. The fourth-order valence-corrected chi connectivity index (χ4v) is 2.92. The third kappa shape index (κ3) is 2.74. The number of nitrogens with one attached hydrogen (secondary N) is 1. The zero-order chi connectivity index (χ0) is 12.4. The molecule has 0 saturated heterocycles. The van der Waals surface area contributed by atoms with Crippen LogP contribution in [0.2, 0.25) is 0 Å². The van der Waals surface area contributed by atoms with Crippen LogP contribution in [-0.4, -0.2) is 0 Å². The second-order valence-corrected chi connectivity index (χ2v) is 5.73. The molecule has 2 rings (SSSR count). The van der Waals surface area contributed by atoms with Gasteiger partial charge in [-0.1, -0.05) is 15.9 Å². The highest BCUT2D eigenvalue weighted by Crippen LogP contribution is 2.30. The number of rotatable bonds is 3. The number of hydrazine groups is 1. The SMILES string of the molecule is Cc1cc(C(NN)c2cc(F)ccc2Br)cs1. The second-order valence-electron chi connectivity index (χ2n) is 3.76. The fourth-order valence-electron chi connectivity index (χ4n) is 1.72. The molecule has 0 bridgehead atoms. The minimum atomic E-state index is -0.268. The summed E-state index contributed by atoms with van der Waals surface area (Å²) in [6.07, 6.45) is 0. The van der Waals surface area contributed by atoms with E-state index in [0.717, 1.165) is 15.6 Å². The van der Waals surface area contributed by atoms with E-state index in [2.05, 4.69) is 21.4 Å². The predicted octanol–water partition coefficient (Wildman–Crippen LogP) is 3.51. The molecule has 1 aromatic heterocycles. The molecule has 0 amide bonds. The maximum Gasteiger partial charge on any atom is 0.123 e. The van der Waals surface area contributed by atoms with Crippen LogP contribution in [0, 0.1) is 12.7 Å². The molecule has 0 fully saturated rings. The molecule has 0 aliphatic rings. The van der Waals surface area contributed by atoms with E-state index in [1.54, 1.807) is 17.4 Å². The number of nitrogens with two attached hydrogens (primary N) is 1. The molecular formula is C12H12BrFN2S. The van der Waals surface area contributed by atoms with Gasteiger partial charge in [0.2, 0.25) is 0 Å². The maximum atomic E-state index is 13.3. The lowest BCUT2D eigenvalue weighted by Gasteiger charge is -2.16. The minimum absolute atomic E-state index is 0.204. The summed E-state index contributed by atoms with van der Waals surface area (Å²) in [5.41, 5.74) is 4.57. The summed E-state index contributed by atoms with van der Waals surface area (Å²) in [7, 11) is 0. The number of benzene rings is 1. The largest absolute Gasteiger partial charge is 0.271 e. The molecule has 1 unspecified atom stereocenters. The van der Waals surface area contributed by atoms with E-state index < -0.39 is 0 Å². The summed E-state index contributed by atoms with van der Waals surface area (Å²) in [6.45, 7) is 2.03. The van der Waals surface area contributed by atoms with Gasteiger partial charge in [0.05, 0.1) is 6.04 Å². The van der Waals surface area contributed by atoms with Gasteiger partial charge in [-0.3, -0.25) is 5.84 Å². The molecule has 0 radical (unpaired) electrons. The fraction of sp³-hybridized carbons (Fsp3) is 0.167. The number of hydrogen-bond acceptors (Lipinski definition) is 3. The van der Waals surface area contributed by atoms with Crippen molar-refractivity contribution in [2.75, 3.05) is 0 Å². The first kappa shape index (κ1) is 12.7. The molecule has 0 aliphatic heterocycles. The van der Waals surface area contributed by atoms with Gasteiger partial charge in [0, 0.05) is 9.35 Å². The molecule has 0 saturated carbocycles. The summed E-state index contributed by atoms with van der Waals surface area (Å²) in [5.74, 6) is 5.31. The molecule has 2 nitrogen and oxygen atoms in total. The Morgan fingerprint density at radius 3 is 2.76 bits per heavy atom. The van der Waals surface area contributed by atoms with Gasteiger partial charge in [-0.2, -0.15) is 0 Å². The van der Waals surface area contributed by atoms with E-state index in [-0.39, 0.29) is 11.9 Å². The normalized spacial score (nSPS) is 12.7. The molecule has 90 valence electrons. The number of halogens is 2. The van der Waals surface area contributed by atoms with Gasteiger partial charge >= 0.3 is 0 Å². The van der Waals surface area contributed by atoms with Crippen molar-refractivity contribution >= 4 is 27.3 Å². The van der Waals surface area contributed by atoms with E-state index in [0.29, 0.717) is 0 Å². The predicted molar refractivity (Wildman–Crippen MR) is 72.3 cm³/mol. The van der Waals surface area contributed by atoms with Crippen molar-refractivity contribution < 1.29 is 4.39 Å². The average molecular weight is 315 g/mol. The number of thiophene rings is 1. The lowest BCUT2D eigenvalue weighted by Crippen LogP contribution is -2.28. The van der Waals surface area contributed by atoms with Gasteiger partial charge < -0.3 is 0 Å². The van der Waals surface area contributed by atoms with Gasteiger partial charge in [-0.15, -0.1) is 11.3 Å². The second kappa shape index (κ2) is 5.27. The van der Waals surface area contributed by atoms with Crippen LogP contribution in [0.4, 0.5) is 4.39 Å². The Morgan fingerprint density at radius 1 is 1.41 bits per heavy atom. The Labute approximate surface area is 112 Å². The van der Waals surface area contributed by atoms with Gasteiger partial charge in [0.25, 0.3) is 0 Å². The smallest absolute Gasteiger partial charge is 0.123 e. The minimum Gasteiger partial charge on any atom is -0.271 e. The van der Waals surface area contributed by atoms with Crippen molar-refractivity contribution in [1.29, 1.82) is 0 Å². The van der Waals surface area contributed by atoms with Crippen LogP contribution < -0.4 is 11.3 Å². The lowest BCUT2D eigenvalue weighted by atomic mass is 10.0. The standard InChI is InChI=1S/C12H12BrFN2S/c1-7-4-8(6-17-7)12(16-15)10-5-9(14)2-3-11(10)13/h2-6,12,16H,15H2,1H3. The molecule has 0 aliphatic carbocycles. The van der Waals surface area contributed by atoms with Crippen molar-refractivity contribution in [3.8, 4) is 0 Å². The Balaban J connectivity index is 2.45. The van der Waals surface area contributed by atoms with Crippen molar-refractivity contribution in [3.63, 3.8) is 0 Å². The molecule has 5 heteroatoms. The molecule has 0 spiro atoms. The van der Waals surface area contributed by atoms with Crippen LogP contribution in [0.3, 0.4) is 0 Å². The van der Waals surface area contributed by atoms with Gasteiger partial charge in [-0.25, -0.2) is 9.82 Å². The molecule has 3 N–H and O–H groups in total. The van der Waals surface area contributed by atoms with Gasteiger partial charge in [0.1, 0.15) is 5.82 Å². The van der Waals surface area contributed by atoms with Crippen molar-refractivity contribution in [2.24, 2.45) is 5.84 Å². The van der Waals surface area contributed by atoms with E-state index in [1.165, 1.54) is 17.0 Å². The molecular weight excluding hydrogens is 303 g/mol. The Kier molecular flexibility index (Phi) is 3.93. The molecule has 17 heavy (non-hydrogen) atoms. The first-order valence-electron chi connectivity index (χ1n) is 5.08. The highest BCUT2D eigenvalue weighted by atomic mass is 79.9. The third-order valence-corrected chi connectivity index (χ3v) is 4.12. The summed E-state index contributed by atoms with van der Waals surface area (Å²) in [4.78, 5) is 1.20. The van der Waals surface area contributed by atoms with Crippen molar-refractivity contribution in [3.05, 3.63) is 55.9 Å². The van der Waals surface area contributed by atoms with E-state index in [9.17, 15) is 4.39 Å². The van der Waals surface area contributed by atoms with Crippen LogP contribution in [-0.2, 0) is 0 Å². The van der Waals surface area contributed by atoms with Crippen LogP contribution in [0.25, 0.3) is 0 Å². The van der Waals surface area contributed by atoms with E-state index in [1.807, 2.05) is 18.4 Å². The molecule has 1 aromatic carbocycles. The zero-order valence-electron chi connectivity index (χ0n) is 9.21. The topological polar surface area (TPSA) is 38.0 Å². The van der Waals surface area contributed by atoms with Crippen LogP contribution in [0.1, 0.15) is 22.0 Å². The molecule has 1 heterocycles. The Bertz CT molecular complexity index is 527. The molecule has 2 aromatic rings. The highest BCUT2D eigenvalue weighted by Gasteiger charge is 2.17. The van der Waals surface area contributed by atoms with Gasteiger partial charge in [0.15, 0.2) is 0 Å². The summed E-state index contributed by atoms with van der Waals surface area (Å²) >= 11 is 5.07. The van der Waals surface area contributed by atoms with Crippen molar-refractivity contribution in [1.82, 2.24) is 5.43 Å². The van der Waals surface area contributed by atoms with Crippen molar-refractivity contribution in [2.45, 2.75) is 13.0 Å². The van der Waals surface area contributed by atoms with Gasteiger partial charge in [-0.05, 0) is 47.7 Å². The average Bonchev–Trinajstić information content (AvgIpc) is 2.71. The number of aryl methyl sites for hydroxylation is 1. The third-order valence-electron chi connectivity index (χ3n) is 2.52. The van der Waals surface area contributed by atoms with Crippen LogP contribution in [0.5, 0.6) is 0 Å². The summed E-state index contributed by atoms with van der Waals surface area (Å²) in [5, 5.41) is 2.03. The van der Waals surface area contributed by atoms with E-state index >= 15 is 0 Å². The van der Waals surface area contributed by atoms with Crippen LogP contribution >= 0.6 is 27.3 Å². The summed E-state index contributed by atoms with van der Waals surface area (Å²) in [6, 6.07) is 6.44. The summed E-state index contributed by atoms with van der Waals surface area (Å²) < 4.78 is 14.1. The Hall–Kier alpha value is -0.750. The number of hydrogen-bond donors (Lipinski definition) is 2. The quantitative estimate of drug-likeness (QED) is 0.672.